The molecule has 0 aromatic heterocycles. The van der Waals surface area contributed by atoms with Crippen molar-refractivity contribution < 1.29 is 54.1 Å². The summed E-state index contributed by atoms with van der Waals surface area (Å²) in [7, 11) is 0. The number of hydrogen-bond acceptors (Lipinski definition) is 2. The van der Waals surface area contributed by atoms with E-state index < -0.39 is 67.0 Å². The molecule has 12 heteroatoms. The second-order valence-corrected chi connectivity index (χ2v) is 6.14. The van der Waals surface area contributed by atoms with E-state index in [4.69, 9.17) is 5.11 Å². The van der Waals surface area contributed by atoms with Crippen molar-refractivity contribution in [2.24, 2.45) is 17.8 Å². The van der Waals surface area contributed by atoms with Gasteiger partial charge < -0.3 is 10.2 Å². The van der Waals surface area contributed by atoms with Crippen LogP contribution in [-0.4, -0.2) is 40.2 Å². The van der Waals surface area contributed by atoms with Crippen LogP contribution in [0.25, 0.3) is 0 Å². The average Bonchev–Trinajstić information content (AvgIpc) is 2.32. The third-order valence-electron chi connectivity index (χ3n) is 4.34. The molecule has 0 saturated heterocycles. The lowest BCUT2D eigenvalue weighted by atomic mass is 9.66. The molecular weight excluding hydrogens is 366 g/mol. The van der Waals surface area contributed by atoms with Gasteiger partial charge in [0.2, 0.25) is 0 Å². The fourth-order valence-corrected chi connectivity index (χ4v) is 3.11. The van der Waals surface area contributed by atoms with Crippen LogP contribution < -0.4 is 0 Å². The maximum Gasteiger partial charge on any atom is 0.448 e. The molecule has 4 atom stereocenters. The monoisotopic (exact) mass is 380 g/mol. The van der Waals surface area contributed by atoms with Crippen LogP contribution in [0, 0.1) is 17.8 Å². The highest BCUT2D eigenvalue weighted by Crippen LogP contribution is 2.55. The topological polar surface area (TPSA) is 40.5 Å². The van der Waals surface area contributed by atoms with Crippen molar-refractivity contribution in [1.82, 2.24) is 0 Å². The van der Waals surface area contributed by atoms with Gasteiger partial charge in [0.15, 0.2) is 0 Å². The third-order valence-corrected chi connectivity index (χ3v) is 4.34. The molecule has 0 aromatic rings. The fraction of sp³-hybridized carbons (Fsp3) is 1.00. The zero-order valence-corrected chi connectivity index (χ0v) is 12.0. The van der Waals surface area contributed by atoms with Crippen LogP contribution in [0.3, 0.4) is 0 Å². The Labute approximate surface area is 129 Å². The minimum atomic E-state index is -6.23. The first-order valence-electron chi connectivity index (χ1n) is 6.69. The summed E-state index contributed by atoms with van der Waals surface area (Å²) in [6.45, 7) is 1.01. The summed E-state index contributed by atoms with van der Waals surface area (Å²) in [5, 5.41) is 18.2. The van der Waals surface area contributed by atoms with E-state index >= 15 is 0 Å². The number of alkyl halides is 10. The fourth-order valence-electron chi connectivity index (χ4n) is 3.11. The standard InChI is InChI=1S/C12H14F10O2/c1-5-2-6(8(23,10(14,15)16)11(17,18)19)4-7(3-5)9(13,24)12(20,21)22/h5-7,23-24H,2-4H2,1H3. The number of aliphatic hydroxyl groups is 2. The maximum atomic E-state index is 13.6. The summed E-state index contributed by atoms with van der Waals surface area (Å²) in [4.78, 5) is 0. The van der Waals surface area contributed by atoms with Crippen molar-refractivity contribution in [2.45, 2.75) is 56.2 Å². The average molecular weight is 380 g/mol. The molecule has 2 N–H and O–H groups in total. The second kappa shape index (κ2) is 5.89. The van der Waals surface area contributed by atoms with Gasteiger partial charge in [0.25, 0.3) is 5.60 Å². The summed E-state index contributed by atoms with van der Waals surface area (Å²) in [5.74, 6) is -11.5. The normalized spacial score (nSPS) is 30.1. The largest absolute Gasteiger partial charge is 0.448 e. The van der Waals surface area contributed by atoms with Crippen molar-refractivity contribution in [3.8, 4) is 0 Å². The van der Waals surface area contributed by atoms with Gasteiger partial charge in [0.1, 0.15) is 0 Å². The molecule has 144 valence electrons. The van der Waals surface area contributed by atoms with Crippen molar-refractivity contribution in [3.05, 3.63) is 0 Å². The van der Waals surface area contributed by atoms with E-state index in [1.165, 1.54) is 0 Å². The molecule has 0 amide bonds. The highest BCUT2D eigenvalue weighted by atomic mass is 19.4. The molecular formula is C12H14F10O2. The van der Waals surface area contributed by atoms with Gasteiger partial charge in [-0.05, 0) is 25.2 Å². The molecule has 0 aromatic carbocycles. The van der Waals surface area contributed by atoms with Gasteiger partial charge in [-0.15, -0.1) is 0 Å². The highest BCUT2D eigenvalue weighted by Gasteiger charge is 2.75. The summed E-state index contributed by atoms with van der Waals surface area (Å²) in [6, 6.07) is 0. The van der Waals surface area contributed by atoms with Crippen LogP contribution in [-0.2, 0) is 0 Å². The molecule has 0 spiro atoms. The van der Waals surface area contributed by atoms with Gasteiger partial charge in [-0.3, -0.25) is 0 Å². The smallest absolute Gasteiger partial charge is 0.373 e. The van der Waals surface area contributed by atoms with Crippen LogP contribution >= 0.6 is 0 Å². The summed E-state index contributed by atoms with van der Waals surface area (Å²) in [6.07, 6.45) is -21.7. The zero-order chi connectivity index (χ0) is 19.4. The second-order valence-electron chi connectivity index (χ2n) is 6.14. The van der Waals surface area contributed by atoms with Gasteiger partial charge in [0.05, 0.1) is 0 Å². The first-order valence-corrected chi connectivity index (χ1v) is 6.69. The van der Waals surface area contributed by atoms with E-state index in [0.29, 0.717) is 0 Å². The van der Waals surface area contributed by atoms with Crippen LogP contribution in [0.4, 0.5) is 43.9 Å². The Hall–Kier alpha value is -0.780. The third kappa shape index (κ3) is 3.44. The van der Waals surface area contributed by atoms with E-state index in [1.54, 1.807) is 0 Å². The number of halogens is 10. The first-order chi connectivity index (χ1) is 10.4. The van der Waals surface area contributed by atoms with Gasteiger partial charge in [-0.2, -0.15) is 39.5 Å². The zero-order valence-electron chi connectivity index (χ0n) is 12.0. The molecule has 1 rings (SSSR count). The lowest BCUT2D eigenvalue weighted by molar-refractivity contribution is -0.394. The molecule has 2 nitrogen and oxygen atoms in total. The molecule has 0 radical (unpaired) electrons. The Morgan fingerprint density at radius 1 is 0.625 bits per heavy atom. The van der Waals surface area contributed by atoms with E-state index in [-0.39, 0.29) is 0 Å². The number of rotatable bonds is 2. The lowest BCUT2D eigenvalue weighted by Crippen LogP contribution is -2.64. The highest BCUT2D eigenvalue weighted by molar-refractivity contribution is 5.03. The Morgan fingerprint density at radius 3 is 1.33 bits per heavy atom. The van der Waals surface area contributed by atoms with Crippen molar-refractivity contribution >= 4 is 0 Å². The molecule has 0 bridgehead atoms. The predicted octanol–water partition coefficient (Wildman–Crippen LogP) is 4.11. The Morgan fingerprint density at radius 2 is 1.00 bits per heavy atom. The molecule has 0 heterocycles. The van der Waals surface area contributed by atoms with Crippen LogP contribution in [0.2, 0.25) is 0 Å². The SMILES string of the molecule is CC1CC(C(O)(F)C(F)(F)F)CC(C(O)(C(F)(F)F)C(F)(F)F)C1. The molecule has 4 unspecified atom stereocenters. The van der Waals surface area contributed by atoms with Crippen molar-refractivity contribution in [2.75, 3.05) is 0 Å². The first kappa shape index (κ1) is 21.3. The maximum absolute atomic E-state index is 13.6. The van der Waals surface area contributed by atoms with Gasteiger partial charge in [-0.1, -0.05) is 6.92 Å². The Kier molecular flexibility index (Phi) is 5.22. The summed E-state index contributed by atoms with van der Waals surface area (Å²) >= 11 is 0. The predicted molar refractivity (Wildman–Crippen MR) is 59.2 cm³/mol. The quantitative estimate of drug-likeness (QED) is 0.708. The minimum Gasteiger partial charge on any atom is -0.373 e. The van der Waals surface area contributed by atoms with Crippen molar-refractivity contribution in [3.63, 3.8) is 0 Å². The van der Waals surface area contributed by atoms with Gasteiger partial charge >= 0.3 is 24.4 Å². The van der Waals surface area contributed by atoms with Crippen LogP contribution in [0.1, 0.15) is 26.2 Å². The van der Waals surface area contributed by atoms with E-state index in [9.17, 15) is 49.0 Å². The Bertz CT molecular complexity index is 436. The van der Waals surface area contributed by atoms with E-state index in [0.717, 1.165) is 6.92 Å². The molecule has 1 aliphatic carbocycles. The van der Waals surface area contributed by atoms with Gasteiger partial charge in [-0.25, -0.2) is 4.39 Å². The summed E-state index contributed by atoms with van der Waals surface area (Å²) < 4.78 is 128. The minimum absolute atomic E-state index is 0.783. The van der Waals surface area contributed by atoms with Crippen LogP contribution in [0.5, 0.6) is 0 Å². The van der Waals surface area contributed by atoms with E-state index in [1.807, 2.05) is 0 Å². The van der Waals surface area contributed by atoms with Crippen LogP contribution in [0.15, 0.2) is 0 Å². The number of hydrogen-bond donors (Lipinski definition) is 2. The Balaban J connectivity index is 3.30. The molecule has 24 heavy (non-hydrogen) atoms. The molecule has 1 saturated carbocycles. The molecule has 1 aliphatic rings. The lowest BCUT2D eigenvalue weighted by Gasteiger charge is -2.46. The molecule has 0 aliphatic heterocycles. The van der Waals surface area contributed by atoms with E-state index in [2.05, 4.69) is 0 Å². The van der Waals surface area contributed by atoms with Crippen molar-refractivity contribution in [1.29, 1.82) is 0 Å². The molecule has 1 fully saturated rings. The van der Waals surface area contributed by atoms with Gasteiger partial charge in [0, 0.05) is 11.8 Å². The summed E-state index contributed by atoms with van der Waals surface area (Å²) in [5.41, 5.74) is -5.30.